The molecule has 4 nitrogen and oxygen atoms in total. The molecule has 0 aliphatic carbocycles. The van der Waals surface area contributed by atoms with E-state index in [9.17, 15) is 4.39 Å². The van der Waals surface area contributed by atoms with Gasteiger partial charge < -0.3 is 15.2 Å². The molecule has 0 saturated carbocycles. The molecule has 2 N–H and O–H groups in total. The Bertz CT molecular complexity index is 668. The van der Waals surface area contributed by atoms with Crippen LogP contribution < -0.4 is 15.2 Å². The second kappa shape index (κ2) is 6.49. The Morgan fingerprint density at radius 1 is 1.33 bits per heavy atom. The minimum absolute atomic E-state index is 0.00307. The summed E-state index contributed by atoms with van der Waals surface area (Å²) in [6.07, 6.45) is -0.0743. The molecule has 112 valence electrons. The van der Waals surface area contributed by atoms with Crippen LogP contribution in [-0.2, 0) is 0 Å². The van der Waals surface area contributed by atoms with Gasteiger partial charge in [0, 0.05) is 12.1 Å². The van der Waals surface area contributed by atoms with E-state index in [2.05, 4.69) is 20.9 Å². The van der Waals surface area contributed by atoms with Gasteiger partial charge in [-0.05, 0) is 41.9 Å². The summed E-state index contributed by atoms with van der Waals surface area (Å²) >= 11 is 8.93. The number of benzene rings is 1. The molecule has 7 heteroatoms. The molecule has 0 saturated heterocycles. The van der Waals surface area contributed by atoms with E-state index in [0.29, 0.717) is 10.2 Å². The maximum atomic E-state index is 13.5. The van der Waals surface area contributed by atoms with E-state index >= 15 is 0 Å². The summed E-state index contributed by atoms with van der Waals surface area (Å²) in [6.45, 7) is 3.72. The highest BCUT2D eigenvalue weighted by Gasteiger charge is 2.12. The van der Waals surface area contributed by atoms with Crippen LogP contribution in [0.5, 0.6) is 17.5 Å². The van der Waals surface area contributed by atoms with Crippen LogP contribution in [0.2, 0.25) is 5.02 Å². The Hall–Kier alpha value is -1.53. The highest BCUT2D eigenvalue weighted by molar-refractivity contribution is 9.10. The fraction of sp³-hybridized carbons (Fsp3) is 0.214. The molecule has 0 aliphatic heterocycles. The van der Waals surface area contributed by atoms with Crippen LogP contribution >= 0.6 is 27.5 Å². The Kier molecular flexibility index (Phi) is 4.90. The number of ether oxygens (including phenoxy) is 2. The minimum atomic E-state index is -0.580. The van der Waals surface area contributed by atoms with E-state index in [1.165, 1.54) is 12.1 Å². The summed E-state index contributed by atoms with van der Waals surface area (Å²) in [5, 5.41) is 0.00307. The fourth-order valence-electron chi connectivity index (χ4n) is 1.50. The van der Waals surface area contributed by atoms with Gasteiger partial charge in [-0.25, -0.2) is 4.39 Å². The zero-order valence-electron chi connectivity index (χ0n) is 11.4. The van der Waals surface area contributed by atoms with Crippen LogP contribution in [0.1, 0.15) is 13.8 Å². The smallest absolute Gasteiger partial charge is 0.240 e. The van der Waals surface area contributed by atoms with Gasteiger partial charge in [0.25, 0.3) is 0 Å². The topological polar surface area (TPSA) is 57.4 Å². The third-order valence-corrected chi connectivity index (χ3v) is 3.31. The molecule has 1 aromatic carbocycles. The highest BCUT2D eigenvalue weighted by atomic mass is 79.9. The van der Waals surface area contributed by atoms with Crippen molar-refractivity contribution in [3.8, 4) is 17.5 Å². The van der Waals surface area contributed by atoms with Gasteiger partial charge >= 0.3 is 0 Å². The Balaban J connectivity index is 2.30. The van der Waals surface area contributed by atoms with Gasteiger partial charge in [-0.2, -0.15) is 4.98 Å². The monoisotopic (exact) mass is 374 g/mol. The van der Waals surface area contributed by atoms with Gasteiger partial charge in [0.1, 0.15) is 11.6 Å². The molecular formula is C14H13BrClFN2O2. The number of hydrogen-bond acceptors (Lipinski definition) is 4. The molecule has 0 atom stereocenters. The van der Waals surface area contributed by atoms with Crippen molar-refractivity contribution in [1.82, 2.24) is 4.98 Å². The fourth-order valence-corrected chi connectivity index (χ4v) is 2.22. The lowest BCUT2D eigenvalue weighted by molar-refractivity contribution is 0.232. The van der Waals surface area contributed by atoms with Crippen LogP contribution in [0, 0.1) is 5.82 Å². The summed E-state index contributed by atoms with van der Waals surface area (Å²) in [6, 6.07) is 5.77. The third kappa shape index (κ3) is 3.98. The number of halogens is 3. The SMILES string of the molecule is CC(C)Oc1nc(Oc2cc(F)c(Cl)cc2Br)ccc1N. The number of rotatable bonds is 4. The van der Waals surface area contributed by atoms with Gasteiger partial charge in [0.05, 0.1) is 21.3 Å². The van der Waals surface area contributed by atoms with E-state index < -0.39 is 5.82 Å². The van der Waals surface area contributed by atoms with Gasteiger partial charge in [-0.1, -0.05) is 11.6 Å². The molecular weight excluding hydrogens is 363 g/mol. The standard InChI is InChI=1S/C14H13BrClFN2O2/c1-7(2)20-14-11(18)3-4-13(19-14)21-12-6-10(17)9(16)5-8(12)15/h3-7H,18H2,1-2H3. The van der Waals surface area contributed by atoms with E-state index in [4.69, 9.17) is 26.8 Å². The lowest BCUT2D eigenvalue weighted by atomic mass is 10.3. The Labute approximate surface area is 135 Å². The quantitative estimate of drug-likeness (QED) is 0.780. The lowest BCUT2D eigenvalue weighted by Crippen LogP contribution is -2.09. The molecule has 1 aromatic heterocycles. The Morgan fingerprint density at radius 2 is 2.05 bits per heavy atom. The molecule has 0 fully saturated rings. The summed E-state index contributed by atoms with van der Waals surface area (Å²) in [5.74, 6) is 0.184. The molecule has 2 aromatic rings. The van der Waals surface area contributed by atoms with Crippen molar-refractivity contribution in [2.24, 2.45) is 0 Å². The van der Waals surface area contributed by atoms with Crippen molar-refractivity contribution >= 4 is 33.2 Å². The predicted octanol–water partition coefficient (Wildman–Crippen LogP) is 4.80. The van der Waals surface area contributed by atoms with Crippen molar-refractivity contribution in [2.75, 3.05) is 5.73 Å². The number of nitrogen functional groups attached to an aromatic ring is 1. The summed E-state index contributed by atoms with van der Waals surface area (Å²) in [5.41, 5.74) is 6.18. The predicted molar refractivity (Wildman–Crippen MR) is 83.6 cm³/mol. The number of hydrogen-bond donors (Lipinski definition) is 1. The summed E-state index contributed by atoms with van der Waals surface area (Å²) in [7, 11) is 0. The van der Waals surface area contributed by atoms with Crippen molar-refractivity contribution in [3.63, 3.8) is 0 Å². The number of nitrogens with zero attached hydrogens (tertiary/aromatic N) is 1. The van der Waals surface area contributed by atoms with Crippen LogP contribution in [0.25, 0.3) is 0 Å². The first-order chi connectivity index (χ1) is 9.86. The average Bonchev–Trinajstić information content (AvgIpc) is 2.39. The molecule has 0 radical (unpaired) electrons. The number of pyridine rings is 1. The molecule has 0 unspecified atom stereocenters. The molecule has 2 rings (SSSR count). The zero-order valence-corrected chi connectivity index (χ0v) is 13.7. The number of anilines is 1. The largest absolute Gasteiger partial charge is 0.473 e. The van der Waals surface area contributed by atoms with E-state index in [1.54, 1.807) is 12.1 Å². The molecule has 0 amide bonds. The normalized spacial score (nSPS) is 10.8. The van der Waals surface area contributed by atoms with Crippen LogP contribution in [0.3, 0.4) is 0 Å². The molecule has 0 bridgehead atoms. The molecule has 1 heterocycles. The summed E-state index contributed by atoms with van der Waals surface area (Å²) in [4.78, 5) is 4.16. The first-order valence-corrected chi connectivity index (χ1v) is 7.29. The highest BCUT2D eigenvalue weighted by Crippen LogP contribution is 2.34. The molecule has 0 spiro atoms. The maximum Gasteiger partial charge on any atom is 0.240 e. The van der Waals surface area contributed by atoms with E-state index in [1.807, 2.05) is 13.8 Å². The maximum absolute atomic E-state index is 13.5. The van der Waals surface area contributed by atoms with Crippen LogP contribution in [-0.4, -0.2) is 11.1 Å². The minimum Gasteiger partial charge on any atom is -0.473 e. The van der Waals surface area contributed by atoms with Gasteiger partial charge in [-0.15, -0.1) is 0 Å². The van der Waals surface area contributed by atoms with Crippen LogP contribution in [0.4, 0.5) is 10.1 Å². The van der Waals surface area contributed by atoms with Gasteiger partial charge in [-0.3, -0.25) is 0 Å². The van der Waals surface area contributed by atoms with Gasteiger partial charge in [0.2, 0.25) is 11.8 Å². The second-order valence-electron chi connectivity index (χ2n) is 4.51. The zero-order chi connectivity index (χ0) is 15.6. The Morgan fingerprint density at radius 3 is 2.71 bits per heavy atom. The van der Waals surface area contributed by atoms with Crippen molar-refractivity contribution in [1.29, 1.82) is 0 Å². The van der Waals surface area contributed by atoms with Crippen LogP contribution in [0.15, 0.2) is 28.7 Å². The molecule has 21 heavy (non-hydrogen) atoms. The van der Waals surface area contributed by atoms with Crippen molar-refractivity contribution in [3.05, 3.63) is 39.6 Å². The summed E-state index contributed by atoms with van der Waals surface area (Å²) < 4.78 is 25.0. The number of aromatic nitrogens is 1. The first kappa shape index (κ1) is 15.9. The van der Waals surface area contributed by atoms with Crippen molar-refractivity contribution < 1.29 is 13.9 Å². The lowest BCUT2D eigenvalue weighted by Gasteiger charge is -2.13. The first-order valence-electron chi connectivity index (χ1n) is 6.12. The molecule has 0 aliphatic rings. The number of nitrogens with two attached hydrogens (primary N) is 1. The second-order valence-corrected chi connectivity index (χ2v) is 5.77. The van der Waals surface area contributed by atoms with E-state index in [0.717, 1.165) is 0 Å². The van der Waals surface area contributed by atoms with Crippen molar-refractivity contribution in [2.45, 2.75) is 20.0 Å². The average molecular weight is 376 g/mol. The van der Waals surface area contributed by atoms with Gasteiger partial charge in [0.15, 0.2) is 0 Å². The third-order valence-electron chi connectivity index (χ3n) is 2.40. The van der Waals surface area contributed by atoms with E-state index in [-0.39, 0.29) is 28.6 Å².